The predicted molar refractivity (Wildman–Crippen MR) is 80.4 cm³/mol. The molecule has 1 aromatic heterocycles. The molecule has 0 radical (unpaired) electrons. The van der Waals surface area contributed by atoms with Gasteiger partial charge in [-0.3, -0.25) is 4.68 Å². The highest BCUT2D eigenvalue weighted by Gasteiger charge is 2.17. The Balaban J connectivity index is 2.67. The van der Waals surface area contributed by atoms with E-state index in [2.05, 4.69) is 34.9 Å². The van der Waals surface area contributed by atoms with Crippen molar-refractivity contribution in [2.45, 2.75) is 65.2 Å². The Morgan fingerprint density at radius 1 is 1.37 bits per heavy atom. The first-order chi connectivity index (χ1) is 9.03. The van der Waals surface area contributed by atoms with Crippen molar-refractivity contribution in [3.05, 3.63) is 15.9 Å². The molecular formula is C14H25BrN2O2. The van der Waals surface area contributed by atoms with Gasteiger partial charge in [-0.1, -0.05) is 6.92 Å². The molecule has 0 spiro atoms. The number of aliphatic hydroxyl groups excluding tert-OH is 1. The van der Waals surface area contributed by atoms with Gasteiger partial charge in [-0.05, 0) is 49.0 Å². The van der Waals surface area contributed by atoms with E-state index in [1.54, 1.807) is 7.11 Å². The molecule has 0 bridgehead atoms. The Kier molecular flexibility index (Phi) is 7.04. The van der Waals surface area contributed by atoms with Crippen LogP contribution in [0.2, 0.25) is 0 Å². The second-order valence-electron chi connectivity index (χ2n) is 4.86. The van der Waals surface area contributed by atoms with Crippen LogP contribution in [0.4, 0.5) is 0 Å². The van der Waals surface area contributed by atoms with Gasteiger partial charge in [-0.25, -0.2) is 0 Å². The monoisotopic (exact) mass is 332 g/mol. The van der Waals surface area contributed by atoms with Crippen LogP contribution in [0.3, 0.4) is 0 Å². The Morgan fingerprint density at radius 2 is 2.05 bits per heavy atom. The van der Waals surface area contributed by atoms with Crippen molar-refractivity contribution in [1.29, 1.82) is 0 Å². The molecule has 5 heteroatoms. The largest absolute Gasteiger partial charge is 0.393 e. The van der Waals surface area contributed by atoms with Crippen LogP contribution >= 0.6 is 15.9 Å². The van der Waals surface area contributed by atoms with Gasteiger partial charge in [-0.15, -0.1) is 0 Å². The number of hydrogen-bond donors (Lipinski definition) is 1. The van der Waals surface area contributed by atoms with E-state index in [-0.39, 0.29) is 12.2 Å². The molecule has 2 atom stereocenters. The van der Waals surface area contributed by atoms with Crippen LogP contribution in [0.5, 0.6) is 0 Å². The van der Waals surface area contributed by atoms with Gasteiger partial charge in [0.1, 0.15) is 0 Å². The number of methoxy groups -OCH3 is 1. The van der Waals surface area contributed by atoms with Crippen LogP contribution in [0.15, 0.2) is 4.47 Å². The lowest BCUT2D eigenvalue weighted by atomic mass is 10.1. The maximum absolute atomic E-state index is 10.2. The Morgan fingerprint density at radius 3 is 2.58 bits per heavy atom. The van der Waals surface area contributed by atoms with E-state index in [1.165, 1.54) is 0 Å². The molecule has 0 aliphatic rings. The molecule has 1 aromatic rings. The van der Waals surface area contributed by atoms with Crippen LogP contribution in [0.25, 0.3) is 0 Å². The second kappa shape index (κ2) is 8.02. The second-order valence-corrected chi connectivity index (χ2v) is 5.65. The molecule has 0 saturated carbocycles. The highest BCUT2D eigenvalue weighted by molar-refractivity contribution is 9.10. The maximum Gasteiger partial charge on any atom is 0.0766 e. The minimum atomic E-state index is -0.347. The number of halogens is 1. The average Bonchev–Trinajstić information content (AvgIpc) is 2.72. The summed E-state index contributed by atoms with van der Waals surface area (Å²) in [4.78, 5) is 0. The van der Waals surface area contributed by atoms with Crippen LogP contribution in [-0.4, -0.2) is 34.2 Å². The van der Waals surface area contributed by atoms with Crippen molar-refractivity contribution in [2.75, 3.05) is 7.11 Å². The van der Waals surface area contributed by atoms with Gasteiger partial charge in [0.05, 0.1) is 28.1 Å². The zero-order chi connectivity index (χ0) is 14.4. The van der Waals surface area contributed by atoms with E-state index in [4.69, 9.17) is 4.74 Å². The molecule has 1 N–H and O–H groups in total. The standard InChI is InChI=1S/C14H25BrN2O2/c1-5-12-14(15)13(17(6-2)16-12)9-11(18)8-7-10(3)19-4/h10-11,18H,5-9H2,1-4H3. The summed E-state index contributed by atoms with van der Waals surface area (Å²) in [6, 6.07) is 0. The smallest absolute Gasteiger partial charge is 0.0766 e. The third-order valence-electron chi connectivity index (χ3n) is 3.43. The van der Waals surface area contributed by atoms with Crippen LogP contribution in [-0.2, 0) is 24.1 Å². The van der Waals surface area contributed by atoms with E-state index in [0.717, 1.165) is 41.7 Å². The zero-order valence-electron chi connectivity index (χ0n) is 12.3. The summed E-state index contributed by atoms with van der Waals surface area (Å²) in [7, 11) is 1.70. The normalized spacial score (nSPS) is 14.6. The molecule has 1 heterocycles. The van der Waals surface area contributed by atoms with Crippen molar-refractivity contribution in [3.8, 4) is 0 Å². The molecule has 0 aliphatic carbocycles. The highest BCUT2D eigenvalue weighted by atomic mass is 79.9. The molecule has 0 aromatic carbocycles. The highest BCUT2D eigenvalue weighted by Crippen LogP contribution is 2.24. The first kappa shape index (κ1) is 16.7. The fraction of sp³-hybridized carbons (Fsp3) is 0.786. The molecule has 0 aliphatic heterocycles. The summed E-state index contributed by atoms with van der Waals surface area (Å²) in [6.07, 6.45) is 3.00. The molecule has 0 fully saturated rings. The van der Waals surface area contributed by atoms with E-state index in [1.807, 2.05) is 11.6 Å². The quantitative estimate of drug-likeness (QED) is 0.796. The van der Waals surface area contributed by atoms with Gasteiger partial charge >= 0.3 is 0 Å². The fourth-order valence-corrected chi connectivity index (χ4v) is 2.81. The summed E-state index contributed by atoms with van der Waals surface area (Å²) >= 11 is 3.61. The number of aryl methyl sites for hydroxylation is 2. The van der Waals surface area contributed by atoms with E-state index >= 15 is 0 Å². The minimum absolute atomic E-state index is 0.195. The van der Waals surface area contributed by atoms with Crippen molar-refractivity contribution in [3.63, 3.8) is 0 Å². The SMILES string of the molecule is CCc1nn(CC)c(CC(O)CCC(C)OC)c1Br. The zero-order valence-corrected chi connectivity index (χ0v) is 13.9. The number of hydrogen-bond acceptors (Lipinski definition) is 3. The lowest BCUT2D eigenvalue weighted by molar-refractivity contribution is 0.0845. The topological polar surface area (TPSA) is 47.3 Å². The van der Waals surface area contributed by atoms with Crippen molar-refractivity contribution < 1.29 is 9.84 Å². The third kappa shape index (κ3) is 4.58. The van der Waals surface area contributed by atoms with Crippen molar-refractivity contribution in [2.24, 2.45) is 0 Å². The van der Waals surface area contributed by atoms with Gasteiger partial charge in [0, 0.05) is 20.1 Å². The maximum atomic E-state index is 10.2. The van der Waals surface area contributed by atoms with Gasteiger partial charge in [0.15, 0.2) is 0 Å². The lowest BCUT2D eigenvalue weighted by Crippen LogP contribution is -2.17. The molecular weight excluding hydrogens is 308 g/mol. The molecule has 110 valence electrons. The van der Waals surface area contributed by atoms with Crippen LogP contribution < -0.4 is 0 Å². The fourth-order valence-electron chi connectivity index (χ4n) is 2.08. The van der Waals surface area contributed by atoms with Crippen molar-refractivity contribution in [1.82, 2.24) is 9.78 Å². The Hall–Kier alpha value is -0.390. The number of nitrogens with zero attached hydrogens (tertiary/aromatic N) is 2. The number of aromatic nitrogens is 2. The summed E-state index contributed by atoms with van der Waals surface area (Å²) in [5.41, 5.74) is 2.16. The number of aliphatic hydroxyl groups is 1. The lowest BCUT2D eigenvalue weighted by Gasteiger charge is -2.14. The molecule has 19 heavy (non-hydrogen) atoms. The van der Waals surface area contributed by atoms with E-state index in [9.17, 15) is 5.11 Å². The first-order valence-corrected chi connectivity index (χ1v) is 7.77. The van der Waals surface area contributed by atoms with Gasteiger partial charge < -0.3 is 9.84 Å². The third-order valence-corrected chi connectivity index (χ3v) is 4.35. The molecule has 0 amide bonds. The summed E-state index contributed by atoms with van der Waals surface area (Å²) in [5, 5.41) is 14.7. The molecule has 2 unspecified atom stereocenters. The molecule has 4 nitrogen and oxygen atoms in total. The number of rotatable bonds is 8. The van der Waals surface area contributed by atoms with E-state index in [0.29, 0.717) is 6.42 Å². The molecule has 0 saturated heterocycles. The van der Waals surface area contributed by atoms with Gasteiger partial charge in [0.25, 0.3) is 0 Å². The van der Waals surface area contributed by atoms with E-state index < -0.39 is 0 Å². The first-order valence-electron chi connectivity index (χ1n) is 6.98. The van der Waals surface area contributed by atoms with Gasteiger partial charge in [-0.2, -0.15) is 5.10 Å². The van der Waals surface area contributed by atoms with Crippen LogP contribution in [0, 0.1) is 0 Å². The summed E-state index contributed by atoms with van der Waals surface area (Å²) in [5.74, 6) is 0. The average molecular weight is 333 g/mol. The predicted octanol–water partition coefficient (Wildman–Crippen LogP) is 2.95. The Labute approximate surface area is 124 Å². The van der Waals surface area contributed by atoms with Gasteiger partial charge in [0.2, 0.25) is 0 Å². The minimum Gasteiger partial charge on any atom is -0.393 e. The summed E-state index contributed by atoms with van der Waals surface area (Å²) < 4.78 is 8.23. The molecule has 1 rings (SSSR count). The van der Waals surface area contributed by atoms with Crippen LogP contribution in [0.1, 0.15) is 45.0 Å². The van der Waals surface area contributed by atoms with Crippen molar-refractivity contribution >= 4 is 15.9 Å². The Bertz CT molecular complexity index is 393. The summed E-state index contributed by atoms with van der Waals surface area (Å²) in [6.45, 7) is 7.01. The number of ether oxygens (including phenoxy) is 1.